The fourth-order valence-electron chi connectivity index (χ4n) is 2.82. The van der Waals surface area contributed by atoms with Gasteiger partial charge in [-0.15, -0.1) is 0 Å². The van der Waals surface area contributed by atoms with Gasteiger partial charge in [-0.2, -0.15) is 0 Å². The van der Waals surface area contributed by atoms with Crippen LogP contribution in [0.25, 0.3) is 0 Å². The molecule has 1 aliphatic heterocycles. The lowest BCUT2D eigenvalue weighted by atomic mass is 10.0. The summed E-state index contributed by atoms with van der Waals surface area (Å²) in [5.74, 6) is 0.0726. The lowest BCUT2D eigenvalue weighted by Gasteiger charge is -2.37. The number of hydrogen-bond donors (Lipinski definition) is 0. The first-order chi connectivity index (χ1) is 10.9. The van der Waals surface area contributed by atoms with E-state index in [2.05, 4.69) is 0 Å². The minimum atomic E-state index is -0.334. The zero-order chi connectivity index (χ0) is 17.0. The van der Waals surface area contributed by atoms with E-state index >= 15 is 0 Å². The van der Waals surface area contributed by atoms with Gasteiger partial charge in [0.1, 0.15) is 6.04 Å². The van der Waals surface area contributed by atoms with E-state index in [1.54, 1.807) is 4.90 Å². The van der Waals surface area contributed by atoms with Crippen molar-refractivity contribution in [1.82, 2.24) is 14.7 Å². The van der Waals surface area contributed by atoms with Crippen molar-refractivity contribution >= 4 is 12.0 Å². The highest BCUT2D eigenvalue weighted by atomic mass is 16.5. The van der Waals surface area contributed by atoms with Crippen LogP contribution in [0, 0.1) is 6.92 Å². The van der Waals surface area contributed by atoms with E-state index in [1.165, 1.54) is 12.7 Å². The Bertz CT molecular complexity index is 549. The lowest BCUT2D eigenvalue weighted by Crippen LogP contribution is -2.52. The number of hydrogen-bond acceptors (Lipinski definition) is 4. The molecule has 126 valence electrons. The van der Waals surface area contributed by atoms with Crippen molar-refractivity contribution in [3.05, 3.63) is 35.4 Å². The molecule has 0 bridgehead atoms. The van der Waals surface area contributed by atoms with E-state index in [0.717, 1.165) is 5.56 Å². The van der Waals surface area contributed by atoms with Crippen LogP contribution < -0.4 is 0 Å². The number of carbonyl (C=O) groups is 2. The Kier molecular flexibility index (Phi) is 5.60. The van der Waals surface area contributed by atoms with Gasteiger partial charge < -0.3 is 14.5 Å². The first-order valence-electron chi connectivity index (χ1n) is 7.78. The predicted octanol–water partition coefficient (Wildman–Crippen LogP) is 1.51. The minimum absolute atomic E-state index is 0.0726. The highest BCUT2D eigenvalue weighted by molar-refractivity contribution is 5.83. The second kappa shape index (κ2) is 7.46. The predicted molar refractivity (Wildman–Crippen MR) is 88.2 cm³/mol. The summed E-state index contributed by atoms with van der Waals surface area (Å²) in [5, 5.41) is 0. The second-order valence-electron chi connectivity index (χ2n) is 6.06. The molecular formula is C17H25N3O3. The number of likely N-dealkylation sites (N-methyl/N-ethyl adjacent to an activating group) is 1. The van der Waals surface area contributed by atoms with Gasteiger partial charge in [-0.3, -0.25) is 9.69 Å². The fraction of sp³-hybridized carbons (Fsp3) is 0.529. The number of amides is 2. The smallest absolute Gasteiger partial charge is 0.409 e. The topological polar surface area (TPSA) is 53.1 Å². The van der Waals surface area contributed by atoms with Crippen LogP contribution in [0.1, 0.15) is 17.2 Å². The summed E-state index contributed by atoms with van der Waals surface area (Å²) in [6.07, 6.45) is -0.334. The van der Waals surface area contributed by atoms with Gasteiger partial charge in [0.2, 0.25) is 5.91 Å². The zero-order valence-electron chi connectivity index (χ0n) is 14.3. The summed E-state index contributed by atoms with van der Waals surface area (Å²) < 4.78 is 4.73. The number of piperazine rings is 1. The van der Waals surface area contributed by atoms with Crippen LogP contribution in [0.4, 0.5) is 4.79 Å². The van der Waals surface area contributed by atoms with Gasteiger partial charge >= 0.3 is 6.09 Å². The normalized spacial score (nSPS) is 16.4. The van der Waals surface area contributed by atoms with Gasteiger partial charge in [0.15, 0.2) is 0 Å². The summed E-state index contributed by atoms with van der Waals surface area (Å²) >= 11 is 0. The largest absolute Gasteiger partial charge is 0.453 e. The van der Waals surface area contributed by atoms with Crippen molar-refractivity contribution < 1.29 is 14.3 Å². The van der Waals surface area contributed by atoms with Gasteiger partial charge in [-0.25, -0.2) is 4.79 Å². The third kappa shape index (κ3) is 4.01. The van der Waals surface area contributed by atoms with E-state index in [-0.39, 0.29) is 18.0 Å². The summed E-state index contributed by atoms with van der Waals surface area (Å²) in [4.78, 5) is 29.8. The van der Waals surface area contributed by atoms with Crippen molar-refractivity contribution in [2.24, 2.45) is 0 Å². The maximum absolute atomic E-state index is 12.9. The minimum Gasteiger partial charge on any atom is -0.453 e. The van der Waals surface area contributed by atoms with Gasteiger partial charge in [0.25, 0.3) is 0 Å². The molecule has 1 atom stereocenters. The molecule has 0 aliphatic carbocycles. The van der Waals surface area contributed by atoms with E-state index < -0.39 is 0 Å². The number of carbonyl (C=O) groups excluding carboxylic acids is 2. The van der Waals surface area contributed by atoms with Crippen molar-refractivity contribution in [2.75, 3.05) is 47.4 Å². The Balaban J connectivity index is 2.08. The summed E-state index contributed by atoms with van der Waals surface area (Å²) in [5.41, 5.74) is 2.16. The molecule has 1 heterocycles. The van der Waals surface area contributed by atoms with E-state index in [0.29, 0.717) is 26.2 Å². The number of rotatable bonds is 3. The molecule has 23 heavy (non-hydrogen) atoms. The number of benzene rings is 1. The Morgan fingerprint density at radius 1 is 1.04 bits per heavy atom. The molecule has 1 fully saturated rings. The molecule has 1 saturated heterocycles. The first-order valence-corrected chi connectivity index (χ1v) is 7.78. The monoisotopic (exact) mass is 319 g/mol. The summed E-state index contributed by atoms with van der Waals surface area (Å²) in [7, 11) is 5.19. The van der Waals surface area contributed by atoms with Crippen LogP contribution in [-0.4, -0.2) is 74.1 Å². The standard InChI is InChI=1S/C17H25N3O3/c1-13-5-7-14(8-6-13)15(18(2)3)16(21)19-9-11-20(12-10-19)17(22)23-4/h5-8,15H,9-12H2,1-4H3/t15-/m0/s1. The summed E-state index contributed by atoms with van der Waals surface area (Å²) in [6, 6.07) is 7.74. The van der Waals surface area contributed by atoms with Crippen LogP contribution >= 0.6 is 0 Å². The maximum Gasteiger partial charge on any atom is 0.409 e. The molecular weight excluding hydrogens is 294 g/mol. The van der Waals surface area contributed by atoms with Crippen molar-refractivity contribution in [2.45, 2.75) is 13.0 Å². The van der Waals surface area contributed by atoms with E-state index in [4.69, 9.17) is 4.74 Å². The van der Waals surface area contributed by atoms with E-state index in [1.807, 2.05) is 55.1 Å². The molecule has 0 unspecified atom stereocenters. The SMILES string of the molecule is COC(=O)N1CCN(C(=O)[C@H](c2ccc(C)cc2)N(C)C)CC1. The lowest BCUT2D eigenvalue weighted by molar-refractivity contribution is -0.138. The highest BCUT2D eigenvalue weighted by Gasteiger charge is 2.31. The molecule has 0 saturated carbocycles. The first kappa shape index (κ1) is 17.3. The summed E-state index contributed by atoms with van der Waals surface area (Å²) in [6.45, 7) is 4.11. The maximum atomic E-state index is 12.9. The molecule has 1 aromatic rings. The molecule has 2 amide bonds. The molecule has 6 heteroatoms. The number of ether oxygens (including phenoxy) is 1. The molecule has 6 nitrogen and oxygen atoms in total. The average Bonchev–Trinajstić information content (AvgIpc) is 2.56. The van der Waals surface area contributed by atoms with Crippen LogP contribution in [0.3, 0.4) is 0 Å². The molecule has 0 radical (unpaired) electrons. The van der Waals surface area contributed by atoms with Crippen LogP contribution in [-0.2, 0) is 9.53 Å². The Labute approximate surface area is 137 Å². The Morgan fingerprint density at radius 3 is 2.04 bits per heavy atom. The number of nitrogens with zero attached hydrogens (tertiary/aromatic N) is 3. The third-order valence-electron chi connectivity index (χ3n) is 4.17. The van der Waals surface area contributed by atoms with E-state index in [9.17, 15) is 9.59 Å². The fourth-order valence-corrected chi connectivity index (χ4v) is 2.82. The quantitative estimate of drug-likeness (QED) is 0.847. The zero-order valence-corrected chi connectivity index (χ0v) is 14.3. The Hall–Kier alpha value is -2.08. The van der Waals surface area contributed by atoms with Crippen LogP contribution in [0.15, 0.2) is 24.3 Å². The van der Waals surface area contributed by atoms with Crippen molar-refractivity contribution in [1.29, 1.82) is 0 Å². The van der Waals surface area contributed by atoms with Gasteiger partial charge in [-0.1, -0.05) is 29.8 Å². The average molecular weight is 319 g/mol. The molecule has 0 spiro atoms. The third-order valence-corrected chi connectivity index (χ3v) is 4.17. The van der Waals surface area contributed by atoms with Crippen molar-refractivity contribution in [3.63, 3.8) is 0 Å². The second-order valence-corrected chi connectivity index (χ2v) is 6.06. The molecule has 1 aromatic carbocycles. The van der Waals surface area contributed by atoms with Gasteiger partial charge in [-0.05, 0) is 26.6 Å². The number of aryl methyl sites for hydroxylation is 1. The van der Waals surface area contributed by atoms with Crippen LogP contribution in [0.5, 0.6) is 0 Å². The molecule has 2 rings (SSSR count). The Morgan fingerprint density at radius 2 is 1.57 bits per heavy atom. The van der Waals surface area contributed by atoms with Gasteiger partial charge in [0, 0.05) is 26.2 Å². The molecule has 1 aliphatic rings. The molecule has 0 N–H and O–H groups in total. The number of methoxy groups -OCH3 is 1. The molecule has 0 aromatic heterocycles. The van der Waals surface area contributed by atoms with Gasteiger partial charge in [0.05, 0.1) is 7.11 Å². The van der Waals surface area contributed by atoms with Crippen molar-refractivity contribution in [3.8, 4) is 0 Å². The van der Waals surface area contributed by atoms with Crippen LogP contribution in [0.2, 0.25) is 0 Å². The highest BCUT2D eigenvalue weighted by Crippen LogP contribution is 2.22.